The van der Waals surface area contributed by atoms with E-state index in [1.54, 1.807) is 0 Å². The van der Waals surface area contributed by atoms with E-state index in [2.05, 4.69) is 27.7 Å². The van der Waals surface area contributed by atoms with Gasteiger partial charge in [-0.3, -0.25) is 4.79 Å². The van der Waals surface area contributed by atoms with Gasteiger partial charge in [0.25, 0.3) is 0 Å². The van der Waals surface area contributed by atoms with Gasteiger partial charge in [0.15, 0.2) is 5.78 Å². The first-order valence-corrected chi connectivity index (χ1v) is 6.62. The molecule has 2 saturated carbocycles. The SMILES string of the molecule is CC1=CC(=O)C2C(C)C13CCC(C3)C2(C)C. The predicted molar refractivity (Wildman–Crippen MR) is 65.0 cm³/mol. The second-order valence-electron chi connectivity index (χ2n) is 6.91. The van der Waals surface area contributed by atoms with Gasteiger partial charge in [0.05, 0.1) is 0 Å². The Morgan fingerprint density at radius 1 is 1.38 bits per heavy atom. The van der Waals surface area contributed by atoms with E-state index in [4.69, 9.17) is 0 Å². The molecule has 0 saturated heterocycles. The number of rotatable bonds is 0. The molecule has 1 nitrogen and oxygen atoms in total. The van der Waals surface area contributed by atoms with E-state index in [0.29, 0.717) is 17.1 Å². The van der Waals surface area contributed by atoms with E-state index < -0.39 is 0 Å². The highest BCUT2D eigenvalue weighted by Crippen LogP contribution is 2.67. The summed E-state index contributed by atoms with van der Waals surface area (Å²) < 4.78 is 0. The Labute approximate surface area is 98.3 Å². The van der Waals surface area contributed by atoms with Crippen LogP contribution in [0.3, 0.4) is 0 Å². The molecule has 16 heavy (non-hydrogen) atoms. The molecule has 3 aliphatic rings. The standard InChI is InChI=1S/C15H22O/c1-9-7-12(16)13-10(2)15(9)6-5-11(8-15)14(13,3)4/h7,10-11,13H,5-6,8H2,1-4H3. The van der Waals surface area contributed by atoms with Crippen LogP contribution in [0.2, 0.25) is 0 Å². The van der Waals surface area contributed by atoms with Crippen molar-refractivity contribution >= 4 is 5.78 Å². The zero-order valence-electron chi connectivity index (χ0n) is 10.8. The number of carbonyl (C=O) groups excluding carboxylic acids is 1. The van der Waals surface area contributed by atoms with Crippen LogP contribution in [0, 0.1) is 28.6 Å². The van der Waals surface area contributed by atoms with E-state index in [1.165, 1.54) is 24.8 Å². The molecule has 1 heteroatoms. The maximum atomic E-state index is 12.3. The zero-order chi connectivity index (χ0) is 11.7. The Balaban J connectivity index is 2.21. The molecule has 1 spiro atoms. The van der Waals surface area contributed by atoms with E-state index in [9.17, 15) is 4.79 Å². The number of ketones is 1. The van der Waals surface area contributed by atoms with Gasteiger partial charge in [-0.05, 0) is 54.9 Å². The van der Waals surface area contributed by atoms with Crippen LogP contribution in [0.1, 0.15) is 47.0 Å². The Hall–Kier alpha value is -0.590. The molecule has 0 heterocycles. The van der Waals surface area contributed by atoms with Gasteiger partial charge in [-0.25, -0.2) is 0 Å². The summed E-state index contributed by atoms with van der Waals surface area (Å²) in [7, 11) is 0. The van der Waals surface area contributed by atoms with Gasteiger partial charge in [-0.2, -0.15) is 0 Å². The highest BCUT2D eigenvalue weighted by Gasteiger charge is 2.62. The third-order valence-corrected chi connectivity index (χ3v) is 6.23. The molecule has 0 aromatic rings. The van der Waals surface area contributed by atoms with Crippen LogP contribution in [-0.4, -0.2) is 5.78 Å². The molecule has 0 radical (unpaired) electrons. The molecular formula is C15H22O. The fraction of sp³-hybridized carbons (Fsp3) is 0.800. The van der Waals surface area contributed by atoms with Gasteiger partial charge in [0.2, 0.25) is 0 Å². The molecule has 0 aliphatic heterocycles. The summed E-state index contributed by atoms with van der Waals surface area (Å²) in [6, 6.07) is 0. The van der Waals surface area contributed by atoms with E-state index in [-0.39, 0.29) is 11.3 Å². The number of hydrogen-bond donors (Lipinski definition) is 0. The van der Waals surface area contributed by atoms with E-state index in [0.717, 1.165) is 5.92 Å². The van der Waals surface area contributed by atoms with Gasteiger partial charge >= 0.3 is 0 Å². The first-order chi connectivity index (χ1) is 7.39. The number of fused-ring (bicyclic) bond motifs is 2. The summed E-state index contributed by atoms with van der Waals surface area (Å²) in [6.07, 6.45) is 5.93. The molecule has 88 valence electrons. The summed E-state index contributed by atoms with van der Waals surface area (Å²) in [4.78, 5) is 12.3. The smallest absolute Gasteiger partial charge is 0.159 e. The summed E-state index contributed by atoms with van der Waals surface area (Å²) in [5.41, 5.74) is 1.98. The van der Waals surface area contributed by atoms with Crippen LogP contribution < -0.4 is 0 Å². The lowest BCUT2D eigenvalue weighted by atomic mass is 9.49. The maximum absolute atomic E-state index is 12.3. The molecule has 0 aromatic heterocycles. The molecule has 0 aromatic carbocycles. The lowest BCUT2D eigenvalue weighted by Crippen LogP contribution is -2.52. The lowest BCUT2D eigenvalue weighted by molar-refractivity contribution is -0.133. The molecule has 4 unspecified atom stereocenters. The quantitative estimate of drug-likeness (QED) is 0.607. The summed E-state index contributed by atoms with van der Waals surface area (Å²) >= 11 is 0. The van der Waals surface area contributed by atoms with Crippen molar-refractivity contribution in [1.82, 2.24) is 0 Å². The third-order valence-electron chi connectivity index (χ3n) is 6.23. The van der Waals surface area contributed by atoms with Crippen molar-refractivity contribution < 1.29 is 4.79 Å². The molecule has 4 atom stereocenters. The molecule has 0 amide bonds. The van der Waals surface area contributed by atoms with Crippen LogP contribution in [-0.2, 0) is 4.79 Å². The van der Waals surface area contributed by atoms with Crippen LogP contribution in [0.15, 0.2) is 11.6 Å². The minimum absolute atomic E-state index is 0.216. The largest absolute Gasteiger partial charge is 0.295 e. The number of hydrogen-bond acceptors (Lipinski definition) is 1. The third kappa shape index (κ3) is 0.959. The van der Waals surface area contributed by atoms with Crippen molar-refractivity contribution in [2.75, 3.05) is 0 Å². The van der Waals surface area contributed by atoms with Gasteiger partial charge in [0, 0.05) is 5.92 Å². The Morgan fingerprint density at radius 3 is 2.75 bits per heavy atom. The topological polar surface area (TPSA) is 17.1 Å². The molecule has 2 fully saturated rings. The van der Waals surface area contributed by atoms with Gasteiger partial charge in [-0.15, -0.1) is 0 Å². The van der Waals surface area contributed by atoms with Crippen LogP contribution in [0.25, 0.3) is 0 Å². The van der Waals surface area contributed by atoms with Crippen LogP contribution in [0.4, 0.5) is 0 Å². The van der Waals surface area contributed by atoms with Gasteiger partial charge in [0.1, 0.15) is 0 Å². The average Bonchev–Trinajstić information content (AvgIpc) is 2.58. The van der Waals surface area contributed by atoms with Gasteiger partial charge < -0.3 is 0 Å². The Bertz CT molecular complexity index is 390. The number of allylic oxidation sites excluding steroid dienone is 2. The fourth-order valence-electron chi connectivity index (χ4n) is 5.12. The minimum Gasteiger partial charge on any atom is -0.295 e. The highest BCUT2D eigenvalue weighted by atomic mass is 16.1. The second kappa shape index (κ2) is 2.80. The zero-order valence-corrected chi connectivity index (χ0v) is 10.8. The van der Waals surface area contributed by atoms with E-state index >= 15 is 0 Å². The number of carbonyl (C=O) groups is 1. The summed E-state index contributed by atoms with van der Waals surface area (Å²) in [6.45, 7) is 9.15. The van der Waals surface area contributed by atoms with Crippen molar-refractivity contribution in [2.45, 2.75) is 47.0 Å². The highest BCUT2D eigenvalue weighted by molar-refractivity contribution is 5.95. The molecule has 3 aliphatic carbocycles. The average molecular weight is 218 g/mol. The van der Waals surface area contributed by atoms with Crippen molar-refractivity contribution in [1.29, 1.82) is 0 Å². The maximum Gasteiger partial charge on any atom is 0.159 e. The fourth-order valence-corrected chi connectivity index (χ4v) is 5.12. The first kappa shape index (κ1) is 10.6. The monoisotopic (exact) mass is 218 g/mol. The second-order valence-corrected chi connectivity index (χ2v) is 6.91. The molecular weight excluding hydrogens is 196 g/mol. The first-order valence-electron chi connectivity index (χ1n) is 6.62. The lowest BCUT2D eigenvalue weighted by Gasteiger charge is -2.54. The predicted octanol–water partition coefficient (Wildman–Crippen LogP) is 3.59. The Morgan fingerprint density at radius 2 is 2.06 bits per heavy atom. The molecule has 3 bridgehead atoms. The summed E-state index contributed by atoms with van der Waals surface area (Å²) in [5, 5.41) is 0. The van der Waals surface area contributed by atoms with E-state index in [1.807, 2.05) is 6.08 Å². The molecule has 3 rings (SSSR count). The molecule has 0 N–H and O–H groups in total. The van der Waals surface area contributed by atoms with Crippen LogP contribution in [0.5, 0.6) is 0 Å². The van der Waals surface area contributed by atoms with Crippen molar-refractivity contribution in [3.05, 3.63) is 11.6 Å². The van der Waals surface area contributed by atoms with Gasteiger partial charge in [-0.1, -0.05) is 26.3 Å². The normalized spacial score (nSPS) is 49.1. The van der Waals surface area contributed by atoms with Crippen molar-refractivity contribution in [3.8, 4) is 0 Å². The van der Waals surface area contributed by atoms with Crippen molar-refractivity contribution in [3.63, 3.8) is 0 Å². The minimum atomic E-state index is 0.216. The summed E-state index contributed by atoms with van der Waals surface area (Å²) in [5.74, 6) is 2.00. The van der Waals surface area contributed by atoms with Crippen LogP contribution >= 0.6 is 0 Å². The van der Waals surface area contributed by atoms with Crippen molar-refractivity contribution in [2.24, 2.45) is 28.6 Å². The Kier molecular flexibility index (Phi) is 1.85.